The average Bonchev–Trinajstić information content (AvgIpc) is 2.88. The molecule has 3 aromatic rings. The number of imidazole rings is 1. The normalized spacial score (nSPS) is 10.8. The molecule has 1 N–H and O–H groups in total. The molecular weight excluding hydrogens is 373 g/mol. The second-order valence-corrected chi connectivity index (χ2v) is 6.15. The summed E-state index contributed by atoms with van der Waals surface area (Å²) in [7, 11) is 0. The van der Waals surface area contributed by atoms with Gasteiger partial charge in [0.2, 0.25) is 0 Å². The Morgan fingerprint density at radius 2 is 2.00 bits per heavy atom. The van der Waals surface area contributed by atoms with Gasteiger partial charge in [-0.1, -0.05) is 34.8 Å². The van der Waals surface area contributed by atoms with Crippen LogP contribution in [0.4, 0.5) is 0 Å². The van der Waals surface area contributed by atoms with Gasteiger partial charge in [0, 0.05) is 28.0 Å². The molecule has 0 saturated carbocycles. The quantitative estimate of drug-likeness (QED) is 0.713. The minimum Gasteiger partial charge on any atom is -0.476 e. The van der Waals surface area contributed by atoms with Gasteiger partial charge in [-0.05, 0) is 35.9 Å². The molecule has 122 valence electrons. The summed E-state index contributed by atoms with van der Waals surface area (Å²) in [5.41, 5.74) is 1.18. The first-order valence-corrected chi connectivity index (χ1v) is 7.94. The summed E-state index contributed by atoms with van der Waals surface area (Å²) in [6.07, 6.45) is 3.20. The molecule has 2 aromatic heterocycles. The summed E-state index contributed by atoms with van der Waals surface area (Å²) in [6.45, 7) is 0.158. The maximum Gasteiger partial charge on any atom is 0.355 e. The predicted molar refractivity (Wildman–Crippen MR) is 93.0 cm³/mol. The molecule has 0 aliphatic carbocycles. The highest BCUT2D eigenvalue weighted by Gasteiger charge is 2.23. The van der Waals surface area contributed by atoms with Crippen molar-refractivity contribution >= 4 is 40.8 Å². The predicted octanol–water partition coefficient (Wildman–Crippen LogP) is 4.65. The summed E-state index contributed by atoms with van der Waals surface area (Å²) < 4.78 is 1.49. The molecule has 0 aliphatic heterocycles. The van der Waals surface area contributed by atoms with E-state index in [2.05, 4.69) is 9.97 Å². The number of rotatable bonds is 4. The van der Waals surface area contributed by atoms with Crippen LogP contribution in [0.25, 0.3) is 11.4 Å². The van der Waals surface area contributed by atoms with E-state index >= 15 is 0 Å². The number of aromatic nitrogens is 3. The van der Waals surface area contributed by atoms with Gasteiger partial charge in [-0.25, -0.2) is 9.78 Å². The SMILES string of the molecule is O=C(O)c1c(Cl)nc(-c2cccnc2)n1Cc1cc(Cl)ccc1Cl. The van der Waals surface area contributed by atoms with Gasteiger partial charge in [0.25, 0.3) is 0 Å². The van der Waals surface area contributed by atoms with E-state index in [9.17, 15) is 9.90 Å². The molecule has 2 heterocycles. The smallest absolute Gasteiger partial charge is 0.355 e. The first kappa shape index (κ1) is 16.8. The number of benzene rings is 1. The Kier molecular flexibility index (Phi) is 4.76. The molecule has 0 fully saturated rings. The van der Waals surface area contributed by atoms with Crippen LogP contribution in [-0.4, -0.2) is 25.6 Å². The molecule has 3 rings (SSSR count). The lowest BCUT2D eigenvalue weighted by Crippen LogP contribution is -2.11. The molecule has 5 nitrogen and oxygen atoms in total. The van der Waals surface area contributed by atoms with E-state index in [1.54, 1.807) is 42.7 Å². The minimum absolute atomic E-state index is 0.0977. The zero-order valence-electron chi connectivity index (χ0n) is 12.1. The van der Waals surface area contributed by atoms with Crippen molar-refractivity contribution in [3.05, 3.63) is 69.2 Å². The molecule has 0 aliphatic rings. The molecule has 0 bridgehead atoms. The number of pyridine rings is 1. The Balaban J connectivity index is 2.18. The summed E-state index contributed by atoms with van der Waals surface area (Å²) in [6, 6.07) is 8.50. The van der Waals surface area contributed by atoms with Crippen LogP contribution < -0.4 is 0 Å². The molecule has 24 heavy (non-hydrogen) atoms. The number of aromatic carboxylic acids is 1. The minimum atomic E-state index is -1.18. The van der Waals surface area contributed by atoms with Crippen molar-refractivity contribution in [1.29, 1.82) is 0 Å². The topological polar surface area (TPSA) is 68.0 Å². The van der Waals surface area contributed by atoms with Crippen molar-refractivity contribution in [3.8, 4) is 11.4 Å². The fourth-order valence-electron chi connectivity index (χ4n) is 2.33. The standard InChI is InChI=1S/C16H10Cl3N3O2/c17-11-3-4-12(18)10(6-11)8-22-13(16(23)24)14(19)21-15(22)9-2-1-5-20-7-9/h1-7H,8H2,(H,23,24). The molecule has 0 spiro atoms. The average molecular weight is 383 g/mol. The van der Waals surface area contributed by atoms with Gasteiger partial charge in [0.05, 0.1) is 6.54 Å². The number of nitrogens with zero attached hydrogens (tertiary/aromatic N) is 3. The number of carbonyl (C=O) groups is 1. The van der Waals surface area contributed by atoms with E-state index in [1.165, 1.54) is 4.57 Å². The van der Waals surface area contributed by atoms with Crippen LogP contribution >= 0.6 is 34.8 Å². The largest absolute Gasteiger partial charge is 0.476 e. The second-order valence-electron chi connectivity index (χ2n) is 4.94. The van der Waals surface area contributed by atoms with Gasteiger partial charge in [0.1, 0.15) is 5.82 Å². The summed E-state index contributed by atoms with van der Waals surface area (Å²) in [5, 5.41) is 10.4. The maximum atomic E-state index is 11.6. The number of carboxylic acids is 1. The van der Waals surface area contributed by atoms with Crippen molar-refractivity contribution in [2.24, 2.45) is 0 Å². The molecule has 0 radical (unpaired) electrons. The zero-order chi connectivity index (χ0) is 17.3. The van der Waals surface area contributed by atoms with Gasteiger partial charge in [0.15, 0.2) is 10.8 Å². The lowest BCUT2D eigenvalue weighted by Gasteiger charge is -2.12. The summed E-state index contributed by atoms with van der Waals surface area (Å²) >= 11 is 18.2. The number of halogens is 3. The van der Waals surface area contributed by atoms with Crippen molar-refractivity contribution in [3.63, 3.8) is 0 Å². The molecule has 0 saturated heterocycles. The van der Waals surface area contributed by atoms with Crippen molar-refractivity contribution in [2.75, 3.05) is 0 Å². The highest BCUT2D eigenvalue weighted by Crippen LogP contribution is 2.29. The van der Waals surface area contributed by atoms with Gasteiger partial charge in [-0.2, -0.15) is 0 Å². The van der Waals surface area contributed by atoms with Crippen LogP contribution in [0.1, 0.15) is 16.1 Å². The van der Waals surface area contributed by atoms with Gasteiger partial charge in [-0.15, -0.1) is 0 Å². The molecule has 1 aromatic carbocycles. The van der Waals surface area contributed by atoms with E-state index < -0.39 is 5.97 Å². The number of carboxylic acid groups (broad SMARTS) is 1. The lowest BCUT2D eigenvalue weighted by atomic mass is 10.2. The lowest BCUT2D eigenvalue weighted by molar-refractivity contribution is 0.0686. The van der Waals surface area contributed by atoms with Crippen LogP contribution in [0, 0.1) is 0 Å². The molecule has 0 unspecified atom stereocenters. The van der Waals surface area contributed by atoms with Crippen LogP contribution in [-0.2, 0) is 6.54 Å². The Morgan fingerprint density at radius 3 is 2.67 bits per heavy atom. The Hall–Kier alpha value is -2.08. The number of hydrogen-bond donors (Lipinski definition) is 1. The summed E-state index contributed by atoms with van der Waals surface area (Å²) in [4.78, 5) is 19.8. The van der Waals surface area contributed by atoms with E-state index in [-0.39, 0.29) is 17.4 Å². The molecule has 0 atom stereocenters. The Morgan fingerprint density at radius 1 is 1.21 bits per heavy atom. The Bertz CT molecular complexity index is 910. The van der Waals surface area contributed by atoms with Crippen molar-refractivity contribution < 1.29 is 9.90 Å². The molecule has 8 heteroatoms. The van der Waals surface area contributed by atoms with Gasteiger partial charge >= 0.3 is 5.97 Å². The van der Waals surface area contributed by atoms with Crippen LogP contribution in [0.3, 0.4) is 0 Å². The third-order valence-electron chi connectivity index (χ3n) is 3.38. The third kappa shape index (κ3) is 3.24. The second kappa shape index (κ2) is 6.81. The van der Waals surface area contributed by atoms with E-state index in [0.717, 1.165) is 0 Å². The van der Waals surface area contributed by atoms with Crippen LogP contribution in [0.15, 0.2) is 42.7 Å². The molecular formula is C16H10Cl3N3O2. The van der Waals surface area contributed by atoms with Crippen LogP contribution in [0.2, 0.25) is 15.2 Å². The van der Waals surface area contributed by atoms with Crippen LogP contribution in [0.5, 0.6) is 0 Å². The number of hydrogen-bond acceptors (Lipinski definition) is 3. The van der Waals surface area contributed by atoms with Gasteiger partial charge in [-0.3, -0.25) is 4.98 Å². The first-order chi connectivity index (χ1) is 11.5. The van der Waals surface area contributed by atoms with E-state index in [0.29, 0.717) is 27.0 Å². The summed E-state index contributed by atoms with van der Waals surface area (Å²) in [5.74, 6) is -0.790. The van der Waals surface area contributed by atoms with Gasteiger partial charge < -0.3 is 9.67 Å². The fraction of sp³-hybridized carbons (Fsp3) is 0.0625. The highest BCUT2D eigenvalue weighted by atomic mass is 35.5. The van der Waals surface area contributed by atoms with Crippen molar-refractivity contribution in [1.82, 2.24) is 14.5 Å². The van der Waals surface area contributed by atoms with E-state index in [1.807, 2.05) is 0 Å². The zero-order valence-corrected chi connectivity index (χ0v) is 14.3. The fourth-order valence-corrected chi connectivity index (χ4v) is 2.97. The third-order valence-corrected chi connectivity index (χ3v) is 4.25. The van der Waals surface area contributed by atoms with E-state index in [4.69, 9.17) is 34.8 Å². The van der Waals surface area contributed by atoms with Crippen molar-refractivity contribution in [2.45, 2.75) is 6.54 Å². The Labute approximate surface area is 152 Å². The monoisotopic (exact) mass is 381 g/mol. The molecule has 0 amide bonds. The highest BCUT2D eigenvalue weighted by molar-refractivity contribution is 6.33. The first-order valence-electron chi connectivity index (χ1n) is 6.81. The maximum absolute atomic E-state index is 11.6.